The molecular weight excluding hydrogens is 216 g/mol. The van der Waals surface area contributed by atoms with Gasteiger partial charge in [0.05, 0.1) is 26.4 Å². The van der Waals surface area contributed by atoms with Crippen molar-refractivity contribution in [3.63, 3.8) is 0 Å². The standard InChI is InChI=1S/C13H18N2O2/c1-2-11(7-14-3-1)13(9-17-10-13)6-12-8-16-5-4-15-12/h1-3,7,12,15H,4-6,8-10H2. The van der Waals surface area contributed by atoms with Crippen LogP contribution < -0.4 is 5.32 Å². The Balaban J connectivity index is 1.73. The van der Waals surface area contributed by atoms with E-state index >= 15 is 0 Å². The average molecular weight is 234 g/mol. The molecule has 17 heavy (non-hydrogen) atoms. The summed E-state index contributed by atoms with van der Waals surface area (Å²) in [5.74, 6) is 0. The van der Waals surface area contributed by atoms with Gasteiger partial charge in [0.2, 0.25) is 0 Å². The zero-order valence-electron chi connectivity index (χ0n) is 9.89. The number of pyridine rings is 1. The summed E-state index contributed by atoms with van der Waals surface area (Å²) in [5.41, 5.74) is 1.44. The van der Waals surface area contributed by atoms with Gasteiger partial charge in [-0.1, -0.05) is 6.07 Å². The number of morpholine rings is 1. The third kappa shape index (κ3) is 2.20. The second kappa shape index (κ2) is 4.72. The lowest BCUT2D eigenvalue weighted by Gasteiger charge is -2.44. The van der Waals surface area contributed by atoms with Crippen molar-refractivity contribution in [1.82, 2.24) is 10.3 Å². The van der Waals surface area contributed by atoms with Crippen molar-refractivity contribution in [2.45, 2.75) is 17.9 Å². The topological polar surface area (TPSA) is 43.4 Å². The molecule has 0 spiro atoms. The van der Waals surface area contributed by atoms with Crippen LogP contribution in [0.3, 0.4) is 0 Å². The highest BCUT2D eigenvalue weighted by Crippen LogP contribution is 2.36. The zero-order chi connectivity index (χ0) is 11.6. The quantitative estimate of drug-likeness (QED) is 0.837. The molecular formula is C13H18N2O2. The molecule has 1 aromatic heterocycles. The molecule has 2 aliphatic heterocycles. The number of rotatable bonds is 3. The molecule has 92 valence electrons. The average Bonchev–Trinajstić information content (AvgIpc) is 2.36. The van der Waals surface area contributed by atoms with Crippen molar-refractivity contribution < 1.29 is 9.47 Å². The summed E-state index contributed by atoms with van der Waals surface area (Å²) in [5, 5.41) is 3.51. The summed E-state index contributed by atoms with van der Waals surface area (Å²) < 4.78 is 11.0. The third-order valence-electron chi connectivity index (χ3n) is 3.67. The van der Waals surface area contributed by atoms with Crippen LogP contribution in [0.1, 0.15) is 12.0 Å². The molecule has 0 bridgehead atoms. The molecule has 3 heterocycles. The van der Waals surface area contributed by atoms with Gasteiger partial charge in [0.25, 0.3) is 0 Å². The molecule has 2 fully saturated rings. The van der Waals surface area contributed by atoms with Crippen LogP contribution in [0.4, 0.5) is 0 Å². The van der Waals surface area contributed by atoms with Crippen LogP contribution in [-0.4, -0.2) is 44.0 Å². The van der Waals surface area contributed by atoms with E-state index in [4.69, 9.17) is 9.47 Å². The van der Waals surface area contributed by atoms with Gasteiger partial charge in [-0.15, -0.1) is 0 Å². The smallest absolute Gasteiger partial charge is 0.0620 e. The predicted octanol–water partition coefficient (Wildman–Crippen LogP) is 0.728. The molecule has 0 aromatic carbocycles. The molecule has 1 unspecified atom stereocenters. The van der Waals surface area contributed by atoms with Gasteiger partial charge in [-0.05, 0) is 18.1 Å². The molecule has 1 N–H and O–H groups in total. The highest BCUT2D eigenvalue weighted by atomic mass is 16.5. The van der Waals surface area contributed by atoms with Crippen LogP contribution in [0.25, 0.3) is 0 Å². The van der Waals surface area contributed by atoms with E-state index in [1.165, 1.54) is 5.56 Å². The largest absolute Gasteiger partial charge is 0.379 e. The fourth-order valence-electron chi connectivity index (χ4n) is 2.65. The molecule has 0 saturated carbocycles. The van der Waals surface area contributed by atoms with Gasteiger partial charge in [-0.25, -0.2) is 0 Å². The number of hydrogen-bond donors (Lipinski definition) is 1. The minimum absolute atomic E-state index is 0.145. The van der Waals surface area contributed by atoms with Crippen molar-refractivity contribution in [3.8, 4) is 0 Å². The molecule has 4 heteroatoms. The first-order chi connectivity index (χ1) is 8.39. The van der Waals surface area contributed by atoms with E-state index in [0.29, 0.717) is 6.04 Å². The Labute approximate surface area is 101 Å². The summed E-state index contributed by atoms with van der Waals surface area (Å²) in [6.07, 6.45) is 4.85. The maximum atomic E-state index is 5.51. The second-order valence-corrected chi connectivity index (χ2v) is 4.94. The van der Waals surface area contributed by atoms with Gasteiger partial charge in [-0.3, -0.25) is 4.98 Å². The molecule has 0 radical (unpaired) electrons. The first-order valence-electron chi connectivity index (χ1n) is 6.18. The fraction of sp³-hybridized carbons (Fsp3) is 0.615. The van der Waals surface area contributed by atoms with Crippen LogP contribution >= 0.6 is 0 Å². The Morgan fingerprint density at radius 1 is 1.41 bits per heavy atom. The van der Waals surface area contributed by atoms with Crippen molar-refractivity contribution >= 4 is 0 Å². The van der Waals surface area contributed by atoms with Crippen molar-refractivity contribution in [3.05, 3.63) is 30.1 Å². The number of nitrogens with zero attached hydrogens (tertiary/aromatic N) is 1. The normalized spacial score (nSPS) is 27.4. The van der Waals surface area contributed by atoms with Crippen LogP contribution in [0.5, 0.6) is 0 Å². The van der Waals surface area contributed by atoms with Gasteiger partial charge < -0.3 is 14.8 Å². The molecule has 4 nitrogen and oxygen atoms in total. The Morgan fingerprint density at radius 2 is 2.35 bits per heavy atom. The Hall–Kier alpha value is -0.970. The predicted molar refractivity (Wildman–Crippen MR) is 64.0 cm³/mol. The van der Waals surface area contributed by atoms with Crippen molar-refractivity contribution in [2.75, 3.05) is 33.0 Å². The monoisotopic (exact) mass is 234 g/mol. The summed E-state index contributed by atoms with van der Waals surface area (Å²) in [6.45, 7) is 4.19. The van der Waals surface area contributed by atoms with Crippen LogP contribution in [-0.2, 0) is 14.9 Å². The molecule has 2 saturated heterocycles. The maximum Gasteiger partial charge on any atom is 0.0620 e. The minimum atomic E-state index is 0.145. The first kappa shape index (κ1) is 11.1. The Kier molecular flexibility index (Phi) is 3.09. The van der Waals surface area contributed by atoms with Gasteiger partial charge in [0.15, 0.2) is 0 Å². The van der Waals surface area contributed by atoms with E-state index < -0.39 is 0 Å². The van der Waals surface area contributed by atoms with Crippen LogP contribution in [0.15, 0.2) is 24.5 Å². The van der Waals surface area contributed by atoms with E-state index in [1.54, 1.807) is 0 Å². The fourth-order valence-corrected chi connectivity index (χ4v) is 2.65. The van der Waals surface area contributed by atoms with Crippen molar-refractivity contribution in [2.24, 2.45) is 0 Å². The van der Waals surface area contributed by atoms with E-state index in [9.17, 15) is 0 Å². The zero-order valence-corrected chi connectivity index (χ0v) is 9.89. The lowest BCUT2D eigenvalue weighted by molar-refractivity contribution is -0.0754. The summed E-state index contributed by atoms with van der Waals surface area (Å²) in [7, 11) is 0. The number of ether oxygens (including phenoxy) is 2. The van der Waals surface area contributed by atoms with Crippen LogP contribution in [0.2, 0.25) is 0 Å². The van der Waals surface area contributed by atoms with E-state index in [1.807, 2.05) is 18.5 Å². The minimum Gasteiger partial charge on any atom is -0.379 e. The van der Waals surface area contributed by atoms with Gasteiger partial charge in [0.1, 0.15) is 0 Å². The van der Waals surface area contributed by atoms with Crippen LogP contribution in [0, 0.1) is 0 Å². The van der Waals surface area contributed by atoms with E-state index in [-0.39, 0.29) is 5.41 Å². The maximum absolute atomic E-state index is 5.51. The number of hydrogen-bond acceptors (Lipinski definition) is 4. The molecule has 1 atom stereocenters. The summed E-state index contributed by atoms with van der Waals surface area (Å²) in [6, 6.07) is 4.59. The van der Waals surface area contributed by atoms with Gasteiger partial charge in [0, 0.05) is 30.4 Å². The molecule has 3 rings (SSSR count). The van der Waals surface area contributed by atoms with Gasteiger partial charge >= 0.3 is 0 Å². The van der Waals surface area contributed by atoms with E-state index in [0.717, 1.165) is 39.4 Å². The summed E-state index contributed by atoms with van der Waals surface area (Å²) >= 11 is 0. The highest BCUT2D eigenvalue weighted by Gasteiger charge is 2.42. The third-order valence-corrected chi connectivity index (χ3v) is 3.67. The lowest BCUT2D eigenvalue weighted by Crippen LogP contribution is -2.53. The number of aromatic nitrogens is 1. The summed E-state index contributed by atoms with van der Waals surface area (Å²) in [4.78, 5) is 4.22. The van der Waals surface area contributed by atoms with Crippen molar-refractivity contribution in [1.29, 1.82) is 0 Å². The number of nitrogens with one attached hydrogen (secondary N) is 1. The van der Waals surface area contributed by atoms with E-state index in [2.05, 4.69) is 16.4 Å². The lowest BCUT2D eigenvalue weighted by atomic mass is 9.74. The Bertz CT molecular complexity index is 359. The molecule has 0 amide bonds. The first-order valence-corrected chi connectivity index (χ1v) is 6.18. The Morgan fingerprint density at radius 3 is 2.94 bits per heavy atom. The SMILES string of the molecule is c1cncc(C2(CC3COCCN3)COC2)c1. The molecule has 0 aliphatic carbocycles. The second-order valence-electron chi connectivity index (χ2n) is 4.94. The molecule has 2 aliphatic rings. The van der Waals surface area contributed by atoms with Gasteiger partial charge in [-0.2, -0.15) is 0 Å². The highest BCUT2D eigenvalue weighted by molar-refractivity contribution is 5.25. The molecule has 1 aromatic rings.